The van der Waals surface area contributed by atoms with E-state index >= 15 is 0 Å². The summed E-state index contributed by atoms with van der Waals surface area (Å²) in [6, 6.07) is 16.0. The Labute approximate surface area is 116 Å². The van der Waals surface area contributed by atoms with E-state index in [1.807, 2.05) is 54.6 Å². The van der Waals surface area contributed by atoms with Gasteiger partial charge in [-0.05, 0) is 18.1 Å². The topological polar surface area (TPSA) is 80.4 Å². The summed E-state index contributed by atoms with van der Waals surface area (Å²) in [5.41, 5.74) is 8.00. The Kier molecular flexibility index (Phi) is 4.27. The lowest BCUT2D eigenvalue weighted by Crippen LogP contribution is -2.32. The highest BCUT2D eigenvalue weighted by Crippen LogP contribution is 2.19. The smallest absolute Gasteiger partial charge is 0.320 e. The Morgan fingerprint density at radius 3 is 2.05 bits per heavy atom. The van der Waals surface area contributed by atoms with Crippen molar-refractivity contribution in [2.24, 2.45) is 5.73 Å². The van der Waals surface area contributed by atoms with Gasteiger partial charge in [-0.2, -0.15) is 0 Å². The molecule has 3 N–H and O–H groups in total. The second-order valence-electron chi connectivity index (χ2n) is 4.54. The third-order valence-electron chi connectivity index (χ3n) is 3.00. The van der Waals surface area contributed by atoms with Crippen molar-refractivity contribution in [2.45, 2.75) is 12.5 Å². The molecule has 4 rings (SSSR count). The summed E-state index contributed by atoms with van der Waals surface area (Å²) < 4.78 is 0. The largest absolute Gasteiger partial charge is 0.480 e. The fourth-order valence-electron chi connectivity index (χ4n) is 1.85. The van der Waals surface area contributed by atoms with Crippen molar-refractivity contribution in [3.05, 3.63) is 71.3 Å². The molecule has 2 bridgehead atoms. The molecule has 2 aromatic rings. The first kappa shape index (κ1) is 14.0. The van der Waals surface area contributed by atoms with Crippen LogP contribution in [-0.2, 0) is 11.2 Å². The van der Waals surface area contributed by atoms with Crippen LogP contribution in [0.15, 0.2) is 54.6 Å². The predicted octanol–water partition coefficient (Wildman–Crippen LogP) is 1.87. The first-order chi connectivity index (χ1) is 9.58. The molecule has 2 aliphatic rings. The molecule has 20 heavy (non-hydrogen) atoms. The summed E-state index contributed by atoms with van der Waals surface area (Å²) >= 11 is 0. The average Bonchev–Trinajstić information content (AvgIpc) is 2.49. The monoisotopic (exact) mass is 269 g/mol. The number of ketones is 1. The average molecular weight is 269 g/mol. The van der Waals surface area contributed by atoms with Gasteiger partial charge in [-0.15, -0.1) is 0 Å². The predicted molar refractivity (Wildman–Crippen MR) is 75.6 cm³/mol. The second kappa shape index (κ2) is 6.12. The minimum Gasteiger partial charge on any atom is -0.480 e. The molecule has 0 aromatic heterocycles. The summed E-state index contributed by atoms with van der Waals surface area (Å²) in [7, 11) is 0. The van der Waals surface area contributed by atoms with Gasteiger partial charge >= 0.3 is 5.97 Å². The third kappa shape index (κ3) is 3.30. The fourth-order valence-corrected chi connectivity index (χ4v) is 1.85. The van der Waals surface area contributed by atoms with Gasteiger partial charge in [0.25, 0.3) is 0 Å². The van der Waals surface area contributed by atoms with Crippen molar-refractivity contribution in [1.29, 1.82) is 0 Å². The number of rotatable bonds is 3. The van der Waals surface area contributed by atoms with Gasteiger partial charge in [0.15, 0.2) is 5.78 Å². The number of nitrogens with two attached hydrogens (primary N) is 1. The molecule has 0 fully saturated rings. The Morgan fingerprint density at radius 2 is 1.65 bits per heavy atom. The molecule has 0 aliphatic heterocycles. The highest BCUT2D eigenvalue weighted by atomic mass is 16.4. The zero-order chi connectivity index (χ0) is 14.5. The standard InChI is InChI=1S/C9H11NO2.C7H4O/c10-8(9(11)12)6-7-4-2-1-3-5-7;8-7-5-2-1-3-6(7)4-5/h1-5,8H,6,10H2,(H,11,12);1-4H. The van der Waals surface area contributed by atoms with Crippen molar-refractivity contribution in [2.75, 3.05) is 0 Å². The van der Waals surface area contributed by atoms with Gasteiger partial charge in [0.1, 0.15) is 6.04 Å². The van der Waals surface area contributed by atoms with Crippen LogP contribution in [0.4, 0.5) is 0 Å². The zero-order valence-electron chi connectivity index (χ0n) is 10.8. The number of carboxylic acid groups (broad SMARTS) is 1. The first-order valence-corrected chi connectivity index (χ1v) is 6.25. The maximum absolute atomic E-state index is 10.7. The van der Waals surface area contributed by atoms with E-state index in [0.29, 0.717) is 6.42 Å². The SMILES string of the molecule is NC(Cc1ccccc1)C(=O)O.O=C1c2cccc1c2. The van der Waals surface area contributed by atoms with Crippen LogP contribution in [0, 0.1) is 0 Å². The summed E-state index contributed by atoms with van der Waals surface area (Å²) in [4.78, 5) is 21.0. The van der Waals surface area contributed by atoms with Crippen LogP contribution in [0.25, 0.3) is 0 Å². The second-order valence-corrected chi connectivity index (χ2v) is 4.54. The molecule has 1 atom stereocenters. The summed E-state index contributed by atoms with van der Waals surface area (Å²) in [5.74, 6) is -0.758. The maximum atomic E-state index is 10.7. The quantitative estimate of drug-likeness (QED) is 0.760. The van der Waals surface area contributed by atoms with Crippen molar-refractivity contribution in [3.8, 4) is 0 Å². The van der Waals surface area contributed by atoms with E-state index in [0.717, 1.165) is 16.7 Å². The van der Waals surface area contributed by atoms with Crippen molar-refractivity contribution < 1.29 is 14.7 Å². The lowest BCUT2D eigenvalue weighted by molar-refractivity contribution is -0.138. The number of fused-ring (bicyclic) bond motifs is 2. The van der Waals surface area contributed by atoms with Gasteiger partial charge in [-0.1, -0.05) is 48.5 Å². The maximum Gasteiger partial charge on any atom is 0.320 e. The van der Waals surface area contributed by atoms with Gasteiger partial charge < -0.3 is 10.8 Å². The summed E-state index contributed by atoms with van der Waals surface area (Å²) in [6.45, 7) is 0. The number of carbonyl (C=O) groups is 2. The number of benzene rings is 2. The van der Waals surface area contributed by atoms with Gasteiger partial charge in [0.05, 0.1) is 0 Å². The van der Waals surface area contributed by atoms with Crippen molar-refractivity contribution >= 4 is 11.8 Å². The van der Waals surface area contributed by atoms with Gasteiger partial charge in [0.2, 0.25) is 0 Å². The Hall–Kier alpha value is -2.46. The molecule has 0 amide bonds. The van der Waals surface area contributed by atoms with Gasteiger partial charge in [-0.3, -0.25) is 9.59 Å². The summed E-state index contributed by atoms with van der Waals surface area (Å²) in [5, 5.41) is 8.52. The first-order valence-electron chi connectivity index (χ1n) is 6.25. The normalized spacial score (nSPS) is 12.8. The van der Waals surface area contributed by atoms with Gasteiger partial charge in [0, 0.05) is 11.1 Å². The molecular weight excluding hydrogens is 254 g/mol. The molecule has 2 aliphatic carbocycles. The van der Waals surface area contributed by atoms with E-state index in [-0.39, 0.29) is 5.78 Å². The molecule has 0 spiro atoms. The van der Waals surface area contributed by atoms with E-state index < -0.39 is 12.0 Å². The Balaban J connectivity index is 0.000000157. The molecule has 0 saturated heterocycles. The highest BCUT2D eigenvalue weighted by molar-refractivity contribution is 6.16. The number of carboxylic acids is 1. The molecule has 0 saturated carbocycles. The lowest BCUT2D eigenvalue weighted by Gasteiger charge is -2.10. The van der Waals surface area contributed by atoms with E-state index in [1.54, 1.807) is 0 Å². The molecular formula is C16H15NO3. The Morgan fingerprint density at radius 1 is 1.05 bits per heavy atom. The van der Waals surface area contributed by atoms with Crippen LogP contribution in [-0.4, -0.2) is 22.9 Å². The van der Waals surface area contributed by atoms with Crippen LogP contribution in [0.2, 0.25) is 0 Å². The molecule has 0 radical (unpaired) electrons. The van der Waals surface area contributed by atoms with Crippen molar-refractivity contribution in [1.82, 2.24) is 0 Å². The Bertz CT molecular complexity index is 594. The van der Waals surface area contributed by atoms with Crippen LogP contribution in [0.1, 0.15) is 21.5 Å². The molecule has 102 valence electrons. The van der Waals surface area contributed by atoms with E-state index in [1.165, 1.54) is 0 Å². The fraction of sp³-hybridized carbons (Fsp3) is 0.125. The van der Waals surface area contributed by atoms with Crippen LogP contribution >= 0.6 is 0 Å². The highest BCUT2D eigenvalue weighted by Gasteiger charge is 2.17. The molecule has 0 heterocycles. The van der Waals surface area contributed by atoms with Crippen LogP contribution in [0.3, 0.4) is 0 Å². The van der Waals surface area contributed by atoms with Gasteiger partial charge in [-0.25, -0.2) is 0 Å². The van der Waals surface area contributed by atoms with E-state index in [4.69, 9.17) is 10.8 Å². The molecule has 4 heteroatoms. The summed E-state index contributed by atoms with van der Waals surface area (Å²) in [6.07, 6.45) is 0.385. The van der Waals surface area contributed by atoms with E-state index in [9.17, 15) is 9.59 Å². The molecule has 2 aromatic carbocycles. The minimum atomic E-state index is -0.959. The number of carbonyl (C=O) groups excluding carboxylic acids is 1. The van der Waals surface area contributed by atoms with Crippen LogP contribution < -0.4 is 5.73 Å². The minimum absolute atomic E-state index is 0.201. The number of hydrogen-bond donors (Lipinski definition) is 2. The van der Waals surface area contributed by atoms with Crippen molar-refractivity contribution in [3.63, 3.8) is 0 Å². The van der Waals surface area contributed by atoms with E-state index in [2.05, 4.69) is 0 Å². The number of hydrogen-bond acceptors (Lipinski definition) is 3. The van der Waals surface area contributed by atoms with Crippen LogP contribution in [0.5, 0.6) is 0 Å². The molecule has 1 unspecified atom stereocenters. The lowest BCUT2D eigenvalue weighted by atomic mass is 9.92. The zero-order valence-corrected chi connectivity index (χ0v) is 10.8. The number of aliphatic carboxylic acids is 1. The third-order valence-corrected chi connectivity index (χ3v) is 3.00. The molecule has 4 nitrogen and oxygen atoms in total.